The number of nitrogens with one attached hydrogen (secondary N) is 1. The average Bonchev–Trinajstić information content (AvgIpc) is 2.05. The van der Waals surface area contributed by atoms with Crippen molar-refractivity contribution in [3.05, 3.63) is 0 Å². The number of rotatable bonds is 2. The van der Waals surface area contributed by atoms with Crippen LogP contribution in [0.1, 0.15) is 33.1 Å². The topological polar surface area (TPSA) is 50.2 Å². The molecule has 0 saturated carbocycles. The Balaban J connectivity index is 2.62. The molecule has 68 valence electrons. The average molecular weight is 169 g/mol. The summed E-state index contributed by atoms with van der Waals surface area (Å²) in [6.45, 7) is 4.00. The highest BCUT2D eigenvalue weighted by Gasteiger charge is 2.32. The van der Waals surface area contributed by atoms with Crippen molar-refractivity contribution in [1.29, 1.82) is 5.41 Å². The van der Waals surface area contributed by atoms with Gasteiger partial charge in [-0.3, -0.25) is 10.2 Å². The summed E-state index contributed by atoms with van der Waals surface area (Å²) in [5.74, 6) is 0.121. The lowest BCUT2D eigenvalue weighted by Crippen LogP contribution is -2.33. The Bertz CT molecular complexity index is 181. The molecule has 2 unspecified atom stereocenters. The third-order valence-electron chi connectivity index (χ3n) is 2.47. The Labute approximate surface area is 72.6 Å². The Morgan fingerprint density at radius 3 is 2.50 bits per heavy atom. The first kappa shape index (κ1) is 9.23. The van der Waals surface area contributed by atoms with Gasteiger partial charge in [0.1, 0.15) is 0 Å². The van der Waals surface area contributed by atoms with Crippen LogP contribution in [0.3, 0.4) is 0 Å². The van der Waals surface area contributed by atoms with Gasteiger partial charge in [0.25, 0.3) is 0 Å². The Hall–Kier alpha value is -0.860. The second kappa shape index (κ2) is 3.70. The Morgan fingerprint density at radius 1 is 1.42 bits per heavy atom. The van der Waals surface area contributed by atoms with Crippen LogP contribution in [0.4, 0.5) is 0 Å². The van der Waals surface area contributed by atoms with E-state index in [4.69, 9.17) is 10.1 Å². The van der Waals surface area contributed by atoms with E-state index in [-0.39, 0.29) is 23.7 Å². The minimum absolute atomic E-state index is 0.0176. The van der Waals surface area contributed by atoms with E-state index >= 15 is 0 Å². The van der Waals surface area contributed by atoms with Crippen molar-refractivity contribution < 1.29 is 9.53 Å². The predicted octanol–water partition coefficient (Wildman–Crippen LogP) is 1.96. The monoisotopic (exact) mass is 169 g/mol. The molecule has 1 rings (SSSR count). The molecule has 1 saturated heterocycles. The fourth-order valence-corrected chi connectivity index (χ4v) is 1.51. The minimum Gasteiger partial charge on any atom is -0.412 e. The van der Waals surface area contributed by atoms with Gasteiger partial charge in [0.05, 0.1) is 5.92 Å². The zero-order valence-electron chi connectivity index (χ0n) is 7.59. The standard InChI is InChI=1S/C9H15NO2/c1-3-6-5-7(4-2)9(11)12-8(6)10/h6-7,10H,3-5H2,1-2H3. The van der Waals surface area contributed by atoms with Gasteiger partial charge in [-0.15, -0.1) is 0 Å². The molecule has 1 fully saturated rings. The van der Waals surface area contributed by atoms with Crippen LogP contribution in [0.5, 0.6) is 0 Å². The summed E-state index contributed by atoms with van der Waals surface area (Å²) in [5, 5.41) is 7.40. The van der Waals surface area contributed by atoms with E-state index < -0.39 is 0 Å². The van der Waals surface area contributed by atoms with Gasteiger partial charge in [-0.05, 0) is 19.3 Å². The highest BCUT2D eigenvalue weighted by molar-refractivity contribution is 5.92. The minimum atomic E-state index is -0.216. The van der Waals surface area contributed by atoms with Gasteiger partial charge >= 0.3 is 5.97 Å². The van der Waals surface area contributed by atoms with Crippen molar-refractivity contribution in [1.82, 2.24) is 0 Å². The summed E-state index contributed by atoms with van der Waals surface area (Å²) >= 11 is 0. The van der Waals surface area contributed by atoms with E-state index in [1.54, 1.807) is 0 Å². The maximum Gasteiger partial charge on any atom is 0.315 e. The molecule has 1 N–H and O–H groups in total. The second-order valence-electron chi connectivity index (χ2n) is 3.23. The molecule has 0 amide bonds. The zero-order chi connectivity index (χ0) is 9.14. The van der Waals surface area contributed by atoms with Crippen molar-refractivity contribution in [2.24, 2.45) is 11.8 Å². The maximum atomic E-state index is 11.1. The van der Waals surface area contributed by atoms with Crippen molar-refractivity contribution in [3.8, 4) is 0 Å². The highest BCUT2D eigenvalue weighted by atomic mass is 16.5. The van der Waals surface area contributed by atoms with Gasteiger partial charge < -0.3 is 4.74 Å². The molecule has 3 nitrogen and oxygen atoms in total. The van der Waals surface area contributed by atoms with Crippen molar-refractivity contribution >= 4 is 11.9 Å². The summed E-state index contributed by atoms with van der Waals surface area (Å²) < 4.78 is 4.84. The fraction of sp³-hybridized carbons (Fsp3) is 0.778. The number of cyclic esters (lactones) is 1. The number of ether oxygens (including phenoxy) is 1. The van der Waals surface area contributed by atoms with Crippen LogP contribution < -0.4 is 0 Å². The molecule has 2 atom stereocenters. The number of hydrogen-bond donors (Lipinski definition) is 1. The molecule has 0 aliphatic carbocycles. The molecular formula is C9H15NO2. The lowest BCUT2D eigenvalue weighted by atomic mass is 9.88. The number of esters is 1. The van der Waals surface area contributed by atoms with E-state index in [1.165, 1.54) is 0 Å². The summed E-state index contributed by atoms with van der Waals surface area (Å²) in [6, 6.07) is 0. The van der Waals surface area contributed by atoms with Crippen LogP contribution >= 0.6 is 0 Å². The molecule has 0 aromatic carbocycles. The van der Waals surface area contributed by atoms with Gasteiger partial charge in [0.2, 0.25) is 0 Å². The van der Waals surface area contributed by atoms with E-state index in [0.29, 0.717) is 0 Å². The first-order valence-electron chi connectivity index (χ1n) is 4.49. The maximum absolute atomic E-state index is 11.1. The first-order valence-corrected chi connectivity index (χ1v) is 4.49. The highest BCUT2D eigenvalue weighted by Crippen LogP contribution is 2.26. The normalized spacial score (nSPS) is 30.2. The fourth-order valence-electron chi connectivity index (χ4n) is 1.51. The molecule has 1 aliphatic heterocycles. The van der Waals surface area contributed by atoms with Crippen LogP contribution in [0, 0.1) is 17.2 Å². The molecular weight excluding hydrogens is 154 g/mol. The molecule has 0 radical (unpaired) electrons. The first-order chi connectivity index (χ1) is 5.69. The Morgan fingerprint density at radius 2 is 2.00 bits per heavy atom. The van der Waals surface area contributed by atoms with Crippen LogP contribution in [0.2, 0.25) is 0 Å². The quantitative estimate of drug-likeness (QED) is 0.642. The van der Waals surface area contributed by atoms with Crippen molar-refractivity contribution in [2.45, 2.75) is 33.1 Å². The molecule has 1 aliphatic rings. The van der Waals surface area contributed by atoms with Gasteiger partial charge in [0, 0.05) is 5.92 Å². The summed E-state index contributed by atoms with van der Waals surface area (Å²) in [4.78, 5) is 11.1. The van der Waals surface area contributed by atoms with Crippen molar-refractivity contribution in [2.75, 3.05) is 0 Å². The lowest BCUT2D eigenvalue weighted by molar-refractivity contribution is -0.143. The smallest absolute Gasteiger partial charge is 0.315 e. The SMILES string of the molecule is CCC1CC(CC)C(=O)OC1=N. The molecule has 0 aromatic rings. The van der Waals surface area contributed by atoms with Crippen molar-refractivity contribution in [3.63, 3.8) is 0 Å². The zero-order valence-corrected chi connectivity index (χ0v) is 7.59. The third-order valence-corrected chi connectivity index (χ3v) is 2.47. The van der Waals surface area contributed by atoms with E-state index in [2.05, 4.69) is 0 Å². The van der Waals surface area contributed by atoms with Crippen LogP contribution in [-0.4, -0.2) is 11.9 Å². The summed E-state index contributed by atoms with van der Waals surface area (Å²) in [5.41, 5.74) is 0. The van der Waals surface area contributed by atoms with E-state index in [9.17, 15) is 4.79 Å². The van der Waals surface area contributed by atoms with Gasteiger partial charge in [-0.25, -0.2) is 0 Å². The molecule has 3 heteroatoms. The molecule has 0 spiro atoms. The Kier molecular flexibility index (Phi) is 2.84. The summed E-state index contributed by atoms with van der Waals surface area (Å²) in [6.07, 6.45) is 2.51. The van der Waals surface area contributed by atoms with E-state index in [1.807, 2.05) is 13.8 Å². The van der Waals surface area contributed by atoms with Crippen LogP contribution in [0.25, 0.3) is 0 Å². The second-order valence-corrected chi connectivity index (χ2v) is 3.23. The molecule has 1 heterocycles. The van der Waals surface area contributed by atoms with E-state index in [0.717, 1.165) is 19.3 Å². The molecule has 0 bridgehead atoms. The number of hydrogen-bond acceptors (Lipinski definition) is 3. The predicted molar refractivity (Wildman–Crippen MR) is 46.0 cm³/mol. The van der Waals surface area contributed by atoms with Crippen LogP contribution in [0.15, 0.2) is 0 Å². The lowest BCUT2D eigenvalue weighted by Gasteiger charge is -2.26. The number of carbonyl (C=O) groups is 1. The van der Waals surface area contributed by atoms with Gasteiger partial charge in [-0.1, -0.05) is 13.8 Å². The molecule has 0 aromatic heterocycles. The van der Waals surface area contributed by atoms with Gasteiger partial charge in [0.15, 0.2) is 5.90 Å². The number of carbonyl (C=O) groups excluding carboxylic acids is 1. The largest absolute Gasteiger partial charge is 0.412 e. The van der Waals surface area contributed by atoms with Gasteiger partial charge in [-0.2, -0.15) is 0 Å². The van der Waals surface area contributed by atoms with Crippen LogP contribution in [-0.2, 0) is 9.53 Å². The summed E-state index contributed by atoms with van der Waals surface area (Å²) in [7, 11) is 0. The molecule has 12 heavy (non-hydrogen) atoms. The third kappa shape index (κ3) is 1.65.